The van der Waals surface area contributed by atoms with Crippen LogP contribution in [0.25, 0.3) is 5.76 Å². The summed E-state index contributed by atoms with van der Waals surface area (Å²) < 4.78 is 11.6. The fourth-order valence-electron chi connectivity index (χ4n) is 3.95. The summed E-state index contributed by atoms with van der Waals surface area (Å²) >= 11 is 1.25. The highest BCUT2D eigenvalue weighted by Gasteiger charge is 2.48. The van der Waals surface area contributed by atoms with Crippen LogP contribution in [0.4, 0.5) is 5.13 Å². The molecule has 2 heterocycles. The summed E-state index contributed by atoms with van der Waals surface area (Å²) in [6, 6.07) is 13.3. The van der Waals surface area contributed by atoms with Gasteiger partial charge in [0.25, 0.3) is 5.78 Å². The molecule has 1 aliphatic rings. The van der Waals surface area contributed by atoms with Gasteiger partial charge >= 0.3 is 5.91 Å². The molecule has 0 bridgehead atoms. The second-order valence-corrected chi connectivity index (χ2v) is 9.83. The highest BCUT2D eigenvalue weighted by atomic mass is 32.1. The van der Waals surface area contributed by atoms with Gasteiger partial charge in [-0.3, -0.25) is 14.5 Å². The standard InChI is InChI=1S/C28H30N2O5S/c1-4-14-34-21-10-8-19(9-11-21)25(31)23-24(30(27(33)26(23)32)28-29-13-16-36-28)20-6-5-7-22(17-20)35-15-12-18(2)3/h5-11,13,16-18,24,31H,4,12,14-15H2,1-3H3. The van der Waals surface area contributed by atoms with Crippen molar-refractivity contribution in [1.29, 1.82) is 0 Å². The van der Waals surface area contributed by atoms with E-state index in [1.807, 2.05) is 31.2 Å². The number of carbonyl (C=O) groups excluding carboxylic acids is 2. The van der Waals surface area contributed by atoms with Crippen LogP contribution < -0.4 is 14.4 Å². The van der Waals surface area contributed by atoms with Gasteiger partial charge in [-0.05, 0) is 60.7 Å². The number of rotatable bonds is 10. The van der Waals surface area contributed by atoms with Gasteiger partial charge in [-0.2, -0.15) is 0 Å². The minimum Gasteiger partial charge on any atom is -0.507 e. The number of aliphatic hydroxyl groups is 1. The third-order valence-electron chi connectivity index (χ3n) is 5.81. The van der Waals surface area contributed by atoms with E-state index in [-0.39, 0.29) is 11.3 Å². The van der Waals surface area contributed by atoms with Gasteiger partial charge in [0, 0.05) is 17.1 Å². The third-order valence-corrected chi connectivity index (χ3v) is 6.58. The molecule has 1 unspecified atom stereocenters. The number of benzene rings is 2. The van der Waals surface area contributed by atoms with Crippen molar-refractivity contribution in [2.75, 3.05) is 18.1 Å². The van der Waals surface area contributed by atoms with Gasteiger partial charge in [0.05, 0.1) is 24.8 Å². The van der Waals surface area contributed by atoms with Gasteiger partial charge in [-0.15, -0.1) is 11.3 Å². The van der Waals surface area contributed by atoms with Crippen molar-refractivity contribution in [2.24, 2.45) is 5.92 Å². The maximum atomic E-state index is 13.3. The molecule has 0 saturated carbocycles. The SMILES string of the molecule is CCCOc1ccc(C(O)=C2C(=O)C(=O)N(c3nccs3)C2c2cccc(OCCC(C)C)c2)cc1. The number of carbonyl (C=O) groups is 2. The lowest BCUT2D eigenvalue weighted by Crippen LogP contribution is -2.29. The fourth-order valence-corrected chi connectivity index (χ4v) is 4.62. The normalized spacial score (nSPS) is 17.1. The number of anilines is 1. The van der Waals surface area contributed by atoms with E-state index in [4.69, 9.17) is 9.47 Å². The molecule has 1 saturated heterocycles. The van der Waals surface area contributed by atoms with Crippen molar-refractivity contribution in [1.82, 2.24) is 4.98 Å². The first kappa shape index (κ1) is 25.4. The molecular weight excluding hydrogens is 476 g/mol. The number of hydrogen-bond donors (Lipinski definition) is 1. The molecule has 188 valence electrons. The van der Waals surface area contributed by atoms with E-state index in [0.717, 1.165) is 12.8 Å². The Morgan fingerprint density at radius 2 is 1.83 bits per heavy atom. The minimum absolute atomic E-state index is 0.0109. The van der Waals surface area contributed by atoms with Crippen LogP contribution in [0.15, 0.2) is 65.7 Å². The van der Waals surface area contributed by atoms with E-state index in [9.17, 15) is 14.7 Å². The van der Waals surface area contributed by atoms with Gasteiger partial charge < -0.3 is 14.6 Å². The van der Waals surface area contributed by atoms with E-state index >= 15 is 0 Å². The molecular formula is C28H30N2O5S. The van der Waals surface area contributed by atoms with Crippen LogP contribution in [-0.2, 0) is 9.59 Å². The summed E-state index contributed by atoms with van der Waals surface area (Å²) in [5.41, 5.74) is 1.08. The number of ether oxygens (including phenoxy) is 2. The van der Waals surface area contributed by atoms with Gasteiger partial charge in [-0.25, -0.2) is 4.98 Å². The Labute approximate surface area is 215 Å². The molecule has 0 radical (unpaired) electrons. The zero-order valence-electron chi connectivity index (χ0n) is 20.6. The van der Waals surface area contributed by atoms with E-state index in [1.165, 1.54) is 16.2 Å². The molecule has 1 aliphatic heterocycles. The molecule has 1 N–H and O–H groups in total. The predicted molar refractivity (Wildman–Crippen MR) is 141 cm³/mol. The Morgan fingerprint density at radius 1 is 1.08 bits per heavy atom. The average Bonchev–Trinajstić information content (AvgIpc) is 3.49. The number of hydrogen-bond acceptors (Lipinski definition) is 7. The number of Topliss-reactive ketones (excluding diaryl/α,β-unsaturated/α-hetero) is 1. The minimum atomic E-state index is -0.846. The van der Waals surface area contributed by atoms with Crippen LogP contribution in [0.3, 0.4) is 0 Å². The summed E-state index contributed by atoms with van der Waals surface area (Å²) in [5.74, 6) is 0.0693. The molecule has 4 rings (SSSR count). The van der Waals surface area contributed by atoms with Crippen molar-refractivity contribution in [3.63, 3.8) is 0 Å². The van der Waals surface area contributed by atoms with Gasteiger partial charge in [0.2, 0.25) is 0 Å². The Morgan fingerprint density at radius 3 is 2.50 bits per heavy atom. The van der Waals surface area contributed by atoms with Crippen molar-refractivity contribution in [3.05, 3.63) is 76.8 Å². The van der Waals surface area contributed by atoms with Crippen LogP contribution >= 0.6 is 11.3 Å². The molecule has 7 nitrogen and oxygen atoms in total. The Hall–Kier alpha value is -3.65. The number of nitrogens with zero attached hydrogens (tertiary/aromatic N) is 2. The first-order valence-corrected chi connectivity index (χ1v) is 12.9. The summed E-state index contributed by atoms with van der Waals surface area (Å²) in [7, 11) is 0. The van der Waals surface area contributed by atoms with Gasteiger partial charge in [0.15, 0.2) is 5.13 Å². The molecule has 1 fully saturated rings. The predicted octanol–water partition coefficient (Wildman–Crippen LogP) is 5.98. The lowest BCUT2D eigenvalue weighted by Gasteiger charge is -2.23. The maximum Gasteiger partial charge on any atom is 0.301 e. The number of ketones is 1. The number of thiazole rings is 1. The van der Waals surface area contributed by atoms with Gasteiger partial charge in [0.1, 0.15) is 17.3 Å². The van der Waals surface area contributed by atoms with Crippen LogP contribution in [0, 0.1) is 5.92 Å². The number of aliphatic hydroxyl groups excluding tert-OH is 1. The van der Waals surface area contributed by atoms with Crippen molar-refractivity contribution in [3.8, 4) is 11.5 Å². The molecule has 0 spiro atoms. The van der Waals surface area contributed by atoms with Crippen LogP contribution in [-0.4, -0.2) is 35.0 Å². The highest BCUT2D eigenvalue weighted by molar-refractivity contribution is 7.14. The van der Waals surface area contributed by atoms with Crippen molar-refractivity contribution in [2.45, 2.75) is 39.7 Å². The molecule has 1 atom stereocenters. The molecule has 1 aromatic heterocycles. The average molecular weight is 507 g/mol. The molecule has 8 heteroatoms. The van der Waals surface area contributed by atoms with Crippen molar-refractivity contribution >= 4 is 33.9 Å². The largest absolute Gasteiger partial charge is 0.507 e. The Kier molecular flexibility index (Phi) is 8.05. The summed E-state index contributed by atoms with van der Waals surface area (Å²) in [6.07, 6.45) is 3.36. The first-order chi connectivity index (χ1) is 17.4. The number of amides is 1. The molecule has 3 aromatic rings. The lowest BCUT2D eigenvalue weighted by atomic mass is 9.95. The van der Waals surface area contributed by atoms with E-state index in [1.54, 1.807) is 35.8 Å². The Bertz CT molecular complexity index is 1240. The second kappa shape index (κ2) is 11.4. The van der Waals surface area contributed by atoms with Crippen LogP contribution in [0.1, 0.15) is 50.8 Å². The third kappa shape index (κ3) is 5.44. The summed E-state index contributed by atoms with van der Waals surface area (Å²) in [4.78, 5) is 32.1. The quantitative estimate of drug-likeness (QED) is 0.207. The van der Waals surface area contributed by atoms with Crippen molar-refractivity contribution < 1.29 is 24.2 Å². The highest BCUT2D eigenvalue weighted by Crippen LogP contribution is 2.43. The smallest absolute Gasteiger partial charge is 0.301 e. The first-order valence-electron chi connectivity index (χ1n) is 12.1. The monoisotopic (exact) mass is 506 g/mol. The topological polar surface area (TPSA) is 89.0 Å². The van der Waals surface area contributed by atoms with E-state index < -0.39 is 17.7 Å². The zero-order valence-corrected chi connectivity index (χ0v) is 21.5. The zero-order chi connectivity index (χ0) is 25.7. The fraction of sp³-hybridized carbons (Fsp3) is 0.321. The lowest BCUT2D eigenvalue weighted by molar-refractivity contribution is -0.132. The second-order valence-electron chi connectivity index (χ2n) is 8.96. The van der Waals surface area contributed by atoms with E-state index in [2.05, 4.69) is 18.8 Å². The maximum absolute atomic E-state index is 13.3. The van der Waals surface area contributed by atoms with E-state index in [0.29, 0.717) is 46.9 Å². The molecule has 2 aromatic carbocycles. The van der Waals surface area contributed by atoms with Gasteiger partial charge in [-0.1, -0.05) is 32.9 Å². The molecule has 36 heavy (non-hydrogen) atoms. The van der Waals surface area contributed by atoms with Crippen LogP contribution in [0.5, 0.6) is 11.5 Å². The van der Waals surface area contributed by atoms with Crippen LogP contribution in [0.2, 0.25) is 0 Å². The summed E-state index contributed by atoms with van der Waals surface area (Å²) in [5, 5.41) is 13.4. The summed E-state index contributed by atoms with van der Waals surface area (Å²) in [6.45, 7) is 7.42. The molecule has 0 aliphatic carbocycles. The Balaban J connectivity index is 1.76. The molecule has 1 amide bonds. The number of aromatic nitrogens is 1.